The van der Waals surface area contributed by atoms with E-state index < -0.39 is 17.7 Å². The lowest BCUT2D eigenvalue weighted by atomic mass is 9.94. The fraction of sp³-hybridized carbons (Fsp3) is 0.290. The molecule has 37 heavy (non-hydrogen) atoms. The first-order chi connectivity index (χ1) is 17.7. The Morgan fingerprint density at radius 3 is 2.19 bits per heavy atom. The number of ketones is 1. The highest BCUT2D eigenvalue weighted by Crippen LogP contribution is 2.43. The molecule has 1 heterocycles. The number of aliphatic hydroxyl groups excluding tert-OH is 1. The Morgan fingerprint density at radius 2 is 1.59 bits per heavy atom. The normalized spacial score (nSPS) is 17.1. The Balaban J connectivity index is 1.86. The van der Waals surface area contributed by atoms with Crippen molar-refractivity contribution in [3.05, 3.63) is 95.1 Å². The molecule has 3 aromatic rings. The molecule has 6 heteroatoms. The highest BCUT2D eigenvalue weighted by Gasteiger charge is 2.47. The number of carbonyl (C=O) groups excluding carboxylic acids is 2. The largest absolute Gasteiger partial charge is 0.507 e. The summed E-state index contributed by atoms with van der Waals surface area (Å²) in [5.41, 5.74) is 2.83. The summed E-state index contributed by atoms with van der Waals surface area (Å²) in [6.45, 7) is 10.4. The molecule has 1 unspecified atom stereocenters. The number of Topliss-reactive ketones (excluding diaryl/α,β-unsaturated/α-hetero) is 1. The molecule has 1 atom stereocenters. The molecule has 1 fully saturated rings. The minimum Gasteiger partial charge on any atom is -0.507 e. The molecule has 0 aromatic heterocycles. The van der Waals surface area contributed by atoms with Crippen molar-refractivity contribution >= 4 is 23.1 Å². The molecule has 192 valence electrons. The first-order valence-electron chi connectivity index (χ1n) is 12.6. The molecular formula is C31H33NO5. The van der Waals surface area contributed by atoms with Crippen LogP contribution in [-0.4, -0.2) is 29.5 Å². The zero-order chi connectivity index (χ0) is 26.7. The van der Waals surface area contributed by atoms with Crippen LogP contribution in [0.4, 0.5) is 5.69 Å². The van der Waals surface area contributed by atoms with Gasteiger partial charge in [-0.25, -0.2) is 0 Å². The van der Waals surface area contributed by atoms with E-state index in [9.17, 15) is 14.7 Å². The minimum atomic E-state index is -0.810. The van der Waals surface area contributed by atoms with E-state index >= 15 is 0 Å². The zero-order valence-electron chi connectivity index (χ0n) is 21.9. The van der Waals surface area contributed by atoms with Crippen molar-refractivity contribution in [2.45, 2.75) is 52.7 Å². The molecule has 4 rings (SSSR count). The van der Waals surface area contributed by atoms with E-state index in [1.54, 1.807) is 36.4 Å². The van der Waals surface area contributed by atoms with Gasteiger partial charge in [0.1, 0.15) is 17.3 Å². The van der Waals surface area contributed by atoms with Crippen LogP contribution in [0.3, 0.4) is 0 Å². The van der Waals surface area contributed by atoms with Crippen LogP contribution in [0.5, 0.6) is 11.5 Å². The summed E-state index contributed by atoms with van der Waals surface area (Å²) in [4.78, 5) is 28.3. The monoisotopic (exact) mass is 499 g/mol. The number of hydrogen-bond acceptors (Lipinski definition) is 5. The number of nitrogens with zero attached hydrogens (tertiary/aromatic N) is 1. The molecule has 1 N–H and O–H groups in total. The van der Waals surface area contributed by atoms with E-state index in [0.717, 1.165) is 5.56 Å². The predicted octanol–water partition coefficient (Wildman–Crippen LogP) is 6.62. The highest BCUT2D eigenvalue weighted by molar-refractivity contribution is 6.51. The van der Waals surface area contributed by atoms with Gasteiger partial charge in [-0.15, -0.1) is 0 Å². The third-order valence-corrected chi connectivity index (χ3v) is 6.27. The third-order valence-electron chi connectivity index (χ3n) is 6.27. The van der Waals surface area contributed by atoms with Gasteiger partial charge in [0, 0.05) is 11.3 Å². The summed E-state index contributed by atoms with van der Waals surface area (Å²) in [5, 5.41) is 11.4. The Hall–Kier alpha value is -4.06. The second kappa shape index (κ2) is 10.9. The lowest BCUT2D eigenvalue weighted by molar-refractivity contribution is -0.132. The number of benzene rings is 3. The summed E-state index contributed by atoms with van der Waals surface area (Å²) in [7, 11) is 0. The van der Waals surface area contributed by atoms with Gasteiger partial charge in [-0.2, -0.15) is 0 Å². The van der Waals surface area contributed by atoms with Crippen LogP contribution >= 0.6 is 0 Å². The smallest absolute Gasteiger partial charge is 0.300 e. The van der Waals surface area contributed by atoms with Gasteiger partial charge in [-0.05, 0) is 74.2 Å². The van der Waals surface area contributed by atoms with Crippen molar-refractivity contribution in [1.29, 1.82) is 0 Å². The molecular weight excluding hydrogens is 466 g/mol. The van der Waals surface area contributed by atoms with Crippen molar-refractivity contribution in [3.63, 3.8) is 0 Å². The number of carbonyl (C=O) groups is 2. The zero-order valence-corrected chi connectivity index (χ0v) is 21.9. The quantitative estimate of drug-likeness (QED) is 0.214. The maximum absolute atomic E-state index is 13.4. The van der Waals surface area contributed by atoms with Crippen molar-refractivity contribution in [2.24, 2.45) is 0 Å². The van der Waals surface area contributed by atoms with E-state index in [1.807, 2.05) is 57.2 Å². The van der Waals surface area contributed by atoms with E-state index in [-0.39, 0.29) is 17.4 Å². The Bertz CT molecular complexity index is 1310. The Kier molecular flexibility index (Phi) is 7.67. The van der Waals surface area contributed by atoms with E-state index in [1.165, 1.54) is 4.90 Å². The van der Waals surface area contributed by atoms with Crippen LogP contribution in [0.15, 0.2) is 78.4 Å². The summed E-state index contributed by atoms with van der Waals surface area (Å²) < 4.78 is 11.4. The van der Waals surface area contributed by atoms with Crippen LogP contribution in [0.2, 0.25) is 0 Å². The fourth-order valence-electron chi connectivity index (χ4n) is 4.49. The molecule has 0 spiro atoms. The average Bonchev–Trinajstić information content (AvgIpc) is 3.14. The van der Waals surface area contributed by atoms with Crippen molar-refractivity contribution in [2.75, 3.05) is 11.5 Å². The van der Waals surface area contributed by atoms with Crippen LogP contribution in [0, 0.1) is 0 Å². The first kappa shape index (κ1) is 26.0. The molecule has 1 aliphatic rings. The van der Waals surface area contributed by atoms with Crippen molar-refractivity contribution < 1.29 is 24.2 Å². The predicted molar refractivity (Wildman–Crippen MR) is 145 cm³/mol. The lowest BCUT2D eigenvalue weighted by Gasteiger charge is -2.26. The summed E-state index contributed by atoms with van der Waals surface area (Å²) in [6, 6.07) is 21.0. The maximum Gasteiger partial charge on any atom is 0.300 e. The second-order valence-corrected chi connectivity index (χ2v) is 9.61. The molecule has 0 saturated carbocycles. The molecule has 0 bridgehead atoms. The van der Waals surface area contributed by atoms with Gasteiger partial charge >= 0.3 is 0 Å². The first-order valence-corrected chi connectivity index (χ1v) is 12.6. The van der Waals surface area contributed by atoms with Crippen LogP contribution in [0.25, 0.3) is 5.76 Å². The minimum absolute atomic E-state index is 0.0313. The van der Waals surface area contributed by atoms with Crippen molar-refractivity contribution in [1.82, 2.24) is 0 Å². The van der Waals surface area contributed by atoms with E-state index in [0.29, 0.717) is 40.8 Å². The van der Waals surface area contributed by atoms with E-state index in [4.69, 9.17) is 9.47 Å². The number of rotatable bonds is 8. The van der Waals surface area contributed by atoms with Crippen LogP contribution < -0.4 is 14.4 Å². The molecule has 6 nitrogen and oxygen atoms in total. The van der Waals surface area contributed by atoms with Gasteiger partial charge in [0.25, 0.3) is 11.7 Å². The molecule has 3 aromatic carbocycles. The standard InChI is InChI=1S/C31H33NO5/c1-6-36-25-16-12-22(13-17-25)28-27(29(33)23-8-7-9-26(18-23)37-20(4)5)30(34)31(35)32(28)24-14-10-21(11-15-24)19(2)3/h7-20,28,33H,6H2,1-5H3/b29-27-. The van der Waals surface area contributed by atoms with Gasteiger partial charge in [-0.1, -0.05) is 50.2 Å². The van der Waals surface area contributed by atoms with Crippen molar-refractivity contribution in [3.8, 4) is 11.5 Å². The molecule has 1 aliphatic heterocycles. The van der Waals surface area contributed by atoms with Gasteiger partial charge in [0.2, 0.25) is 0 Å². The molecule has 0 aliphatic carbocycles. The van der Waals surface area contributed by atoms with E-state index in [2.05, 4.69) is 13.8 Å². The summed E-state index contributed by atoms with van der Waals surface area (Å²) in [6.07, 6.45) is -0.0550. The molecule has 1 saturated heterocycles. The lowest BCUT2D eigenvalue weighted by Crippen LogP contribution is -2.29. The highest BCUT2D eigenvalue weighted by atomic mass is 16.5. The maximum atomic E-state index is 13.4. The average molecular weight is 500 g/mol. The number of hydrogen-bond donors (Lipinski definition) is 1. The van der Waals surface area contributed by atoms with Crippen LogP contribution in [-0.2, 0) is 9.59 Å². The van der Waals surface area contributed by atoms with Gasteiger partial charge in [0.15, 0.2) is 0 Å². The number of ether oxygens (including phenoxy) is 2. The fourth-order valence-corrected chi connectivity index (χ4v) is 4.49. The third kappa shape index (κ3) is 5.38. The number of aliphatic hydroxyl groups is 1. The second-order valence-electron chi connectivity index (χ2n) is 9.61. The molecule has 1 amide bonds. The molecule has 0 radical (unpaired) electrons. The Morgan fingerprint density at radius 1 is 0.919 bits per heavy atom. The topological polar surface area (TPSA) is 76.1 Å². The van der Waals surface area contributed by atoms with Crippen LogP contribution in [0.1, 0.15) is 63.3 Å². The number of anilines is 1. The van der Waals surface area contributed by atoms with Gasteiger partial charge < -0.3 is 14.6 Å². The summed E-state index contributed by atoms with van der Waals surface area (Å²) >= 11 is 0. The SMILES string of the molecule is CCOc1ccc(C2/C(=C(/O)c3cccc(OC(C)C)c3)C(=O)C(=O)N2c2ccc(C(C)C)cc2)cc1. The summed E-state index contributed by atoms with van der Waals surface area (Å²) in [5.74, 6) is -0.0931. The van der Waals surface area contributed by atoms with Gasteiger partial charge in [0.05, 0.1) is 24.3 Å². The number of amides is 1. The van der Waals surface area contributed by atoms with Gasteiger partial charge in [-0.3, -0.25) is 14.5 Å². The Labute approximate surface area is 218 Å².